The summed E-state index contributed by atoms with van der Waals surface area (Å²) in [5.74, 6) is 0. The van der Waals surface area contributed by atoms with Crippen molar-refractivity contribution in [3.8, 4) is 0 Å². The van der Waals surface area contributed by atoms with Crippen molar-refractivity contribution in [2.24, 2.45) is 10.8 Å². The second kappa shape index (κ2) is 38.5. The number of amides is 4. The first-order valence-electron chi connectivity index (χ1n) is 35.5. The van der Waals surface area contributed by atoms with Crippen LogP contribution < -0.4 is 20.4 Å². The van der Waals surface area contributed by atoms with Crippen LogP contribution in [0.25, 0.3) is 0 Å². The molecular formula is C78H120N8O8-4. The first-order chi connectivity index (χ1) is 44.5. The fourth-order valence-corrected chi connectivity index (χ4v) is 14.9. The van der Waals surface area contributed by atoms with Crippen molar-refractivity contribution >= 4 is 24.4 Å². The first kappa shape index (κ1) is 78.5. The second-order valence-electron chi connectivity index (χ2n) is 30.7. The summed E-state index contributed by atoms with van der Waals surface area (Å²) in [7, 11) is 0. The van der Waals surface area contributed by atoms with Gasteiger partial charge in [0.1, 0.15) is 24.4 Å². The van der Waals surface area contributed by atoms with Crippen molar-refractivity contribution < 1.29 is 39.6 Å². The van der Waals surface area contributed by atoms with Gasteiger partial charge in [-0.05, 0) is 172 Å². The minimum atomic E-state index is -1.15. The predicted molar refractivity (Wildman–Crippen MR) is 374 cm³/mol. The van der Waals surface area contributed by atoms with Gasteiger partial charge in [-0.2, -0.15) is 0 Å². The van der Waals surface area contributed by atoms with Gasteiger partial charge in [-0.15, -0.1) is 0 Å². The number of rotatable bonds is 32. The van der Waals surface area contributed by atoms with Gasteiger partial charge in [0.25, 0.3) is 0 Å². The summed E-state index contributed by atoms with van der Waals surface area (Å²) in [6, 6.07) is 35.5. The van der Waals surface area contributed by atoms with Crippen LogP contribution in [0, 0.1) is 10.8 Å². The Hall–Kier alpha value is -6.20. The topological polar surface area (TPSA) is 186 Å². The van der Waals surface area contributed by atoms with Crippen LogP contribution in [0.5, 0.6) is 0 Å². The molecular weight excluding hydrogens is 1180 g/mol. The normalized spacial score (nSPS) is 15.1. The Morgan fingerprint density at radius 1 is 0.340 bits per heavy atom. The van der Waals surface area contributed by atoms with Gasteiger partial charge < -0.3 is 78.8 Å². The highest BCUT2D eigenvalue weighted by atomic mass is 16.4. The summed E-state index contributed by atoms with van der Waals surface area (Å²) in [5, 5.41) is 50.6. The standard InChI is InChI=1S/C78H124N8O8/c1-74(2,3)67-43-34-44-68(69(67)75(4,5)6)78(76(7,8)9,77(10,11)12)86(73(93)94)56-33-19-29-48-82-52-36-51-80(46-27-17-31-54-84(71(89)90)62-65-39-22-14-23-40-65)58-57-79(45-26-16-30-53-83(70(87)88)61-64-37-20-13-21-38-64)49-35-50-81(59-60-82)47-28-18-32-55-85(72(91)92)63-66-41-24-15-25-42-66/h13-15,20-25,34,37-44H,16-19,26-33,35-36,45-63H2,1-12H3,(H,87,88)(H,89,90)(H,91,92)(H,93,94)/p-4. The smallest absolute Gasteiger partial charge is 0.137 e. The maximum atomic E-state index is 14.0. The quantitative estimate of drug-likeness (QED) is 0.0422. The van der Waals surface area contributed by atoms with Crippen molar-refractivity contribution in [2.75, 3.05) is 105 Å². The van der Waals surface area contributed by atoms with E-state index in [0.29, 0.717) is 52.2 Å². The molecule has 94 heavy (non-hydrogen) atoms. The number of carbonyl (C=O) groups is 4. The Morgan fingerprint density at radius 3 is 0.904 bits per heavy atom. The van der Waals surface area contributed by atoms with Crippen molar-refractivity contribution in [3.05, 3.63) is 143 Å². The van der Waals surface area contributed by atoms with E-state index in [1.54, 1.807) is 4.90 Å². The van der Waals surface area contributed by atoms with E-state index in [-0.39, 0.29) is 10.8 Å². The molecule has 1 heterocycles. The monoisotopic (exact) mass is 1300 g/mol. The van der Waals surface area contributed by atoms with E-state index in [4.69, 9.17) is 0 Å². The Kier molecular flexibility index (Phi) is 32.2. The van der Waals surface area contributed by atoms with Crippen LogP contribution >= 0.6 is 0 Å². The van der Waals surface area contributed by atoms with E-state index < -0.39 is 40.7 Å². The molecule has 16 heteroatoms. The molecule has 5 rings (SSSR count). The van der Waals surface area contributed by atoms with Gasteiger partial charge in [0.15, 0.2) is 0 Å². The fourth-order valence-electron chi connectivity index (χ4n) is 14.9. The molecule has 0 unspecified atom stereocenters. The van der Waals surface area contributed by atoms with Crippen LogP contribution in [0.15, 0.2) is 109 Å². The molecule has 0 saturated carbocycles. The Morgan fingerprint density at radius 2 is 0.638 bits per heavy atom. The molecule has 0 aliphatic carbocycles. The van der Waals surface area contributed by atoms with E-state index in [9.17, 15) is 39.6 Å². The van der Waals surface area contributed by atoms with E-state index >= 15 is 0 Å². The predicted octanol–water partition coefficient (Wildman–Crippen LogP) is 11.4. The summed E-state index contributed by atoms with van der Waals surface area (Å²) < 4.78 is 0. The van der Waals surface area contributed by atoms with Gasteiger partial charge in [0, 0.05) is 72.0 Å². The molecule has 16 nitrogen and oxygen atoms in total. The van der Waals surface area contributed by atoms with E-state index in [0.717, 1.165) is 184 Å². The third-order valence-corrected chi connectivity index (χ3v) is 19.2. The SMILES string of the molecule is CC(C)(C)c1cccc(C(N(CCCCCN2CCCN(CCCCCN(Cc3ccccc3)C(=O)[O-])CCN(CCCCCN(Cc3ccccc3)C(=O)[O-])CCCN(CCCCCN(Cc3ccccc3)C(=O)[O-])CC2)C(=O)[O-])(C(C)(C)C)C(C)(C)C)c1C(C)(C)C. The molecule has 0 radical (unpaired) electrons. The maximum absolute atomic E-state index is 14.0. The third-order valence-electron chi connectivity index (χ3n) is 19.2. The Labute approximate surface area is 567 Å². The van der Waals surface area contributed by atoms with Gasteiger partial charge in [-0.25, -0.2) is 0 Å². The van der Waals surface area contributed by atoms with Crippen LogP contribution in [0.2, 0.25) is 0 Å². The number of hydrogen-bond acceptors (Lipinski definition) is 12. The lowest BCUT2D eigenvalue weighted by Gasteiger charge is -2.62. The minimum Gasteiger partial charge on any atom is -0.530 e. The van der Waals surface area contributed by atoms with Crippen LogP contribution in [0.4, 0.5) is 19.2 Å². The van der Waals surface area contributed by atoms with E-state index in [1.807, 2.05) is 91.0 Å². The Bertz CT molecular complexity index is 2820. The molecule has 0 bridgehead atoms. The number of nitrogens with zero attached hydrogens (tertiary/aromatic N) is 8. The van der Waals surface area contributed by atoms with Gasteiger partial charge in [-0.3, -0.25) is 0 Å². The summed E-state index contributed by atoms with van der Waals surface area (Å²) in [6.07, 6.45) is 7.52. The summed E-state index contributed by atoms with van der Waals surface area (Å²) >= 11 is 0. The molecule has 0 spiro atoms. The number of carboxylic acid groups (broad SMARTS) is 4. The van der Waals surface area contributed by atoms with Gasteiger partial charge >= 0.3 is 0 Å². The van der Waals surface area contributed by atoms with Crippen molar-refractivity contribution in [3.63, 3.8) is 0 Å². The number of unbranched alkanes of at least 4 members (excludes halogenated alkanes) is 8. The molecule has 1 saturated heterocycles. The largest absolute Gasteiger partial charge is 0.530 e. The van der Waals surface area contributed by atoms with Gasteiger partial charge in [0.05, 0.1) is 5.54 Å². The molecule has 0 aromatic heterocycles. The zero-order valence-corrected chi connectivity index (χ0v) is 60.1. The highest BCUT2D eigenvalue weighted by Gasteiger charge is 2.57. The first-order valence-corrected chi connectivity index (χ1v) is 35.5. The van der Waals surface area contributed by atoms with Crippen LogP contribution in [0.1, 0.15) is 206 Å². The summed E-state index contributed by atoms with van der Waals surface area (Å²) in [6.45, 7) is 40.0. The number of benzene rings is 4. The minimum absolute atomic E-state index is 0.175. The van der Waals surface area contributed by atoms with Gasteiger partial charge in [0.2, 0.25) is 0 Å². The maximum Gasteiger partial charge on any atom is 0.137 e. The van der Waals surface area contributed by atoms with Gasteiger partial charge in [-0.1, -0.05) is 218 Å². The summed E-state index contributed by atoms with van der Waals surface area (Å²) in [5.41, 5.74) is 3.88. The molecule has 0 N–H and O–H groups in total. The highest BCUT2D eigenvalue weighted by molar-refractivity contribution is 5.66. The number of carbonyl (C=O) groups excluding carboxylic acids is 4. The second-order valence-corrected chi connectivity index (χ2v) is 30.7. The molecule has 4 aromatic carbocycles. The average molecular weight is 1300 g/mol. The van der Waals surface area contributed by atoms with Crippen LogP contribution in [0.3, 0.4) is 0 Å². The Balaban J connectivity index is 1.34. The zero-order chi connectivity index (χ0) is 69.0. The lowest BCUT2D eigenvalue weighted by atomic mass is 9.53. The third kappa shape index (κ3) is 25.4. The van der Waals surface area contributed by atoms with Crippen LogP contribution in [-0.4, -0.2) is 168 Å². The fraction of sp³-hybridized carbons (Fsp3) is 0.641. The molecule has 1 aliphatic heterocycles. The molecule has 524 valence electrons. The van der Waals surface area contributed by atoms with E-state index in [1.165, 1.54) is 25.8 Å². The van der Waals surface area contributed by atoms with Crippen molar-refractivity contribution in [1.82, 2.24) is 39.2 Å². The highest BCUT2D eigenvalue weighted by Crippen LogP contribution is 2.58. The van der Waals surface area contributed by atoms with Crippen molar-refractivity contribution in [1.29, 1.82) is 0 Å². The van der Waals surface area contributed by atoms with Crippen molar-refractivity contribution in [2.45, 2.75) is 209 Å². The zero-order valence-electron chi connectivity index (χ0n) is 60.1. The summed E-state index contributed by atoms with van der Waals surface area (Å²) in [4.78, 5) is 66.9. The molecule has 1 fully saturated rings. The average Bonchev–Trinajstić information content (AvgIpc) is 0.703. The molecule has 4 amide bonds. The molecule has 1 aliphatic rings. The number of hydrogen-bond donors (Lipinski definition) is 0. The van der Waals surface area contributed by atoms with E-state index in [2.05, 4.69) is 121 Å². The van der Waals surface area contributed by atoms with Crippen LogP contribution in [-0.2, 0) is 36.0 Å². The molecule has 4 aromatic rings. The lowest BCUT2D eigenvalue weighted by molar-refractivity contribution is -0.282. The lowest BCUT2D eigenvalue weighted by Crippen LogP contribution is -2.66. The molecule has 0 atom stereocenters.